The SMILES string of the molecule is CCC(C)N(CC(=O)O)C(=O)C(C)NC(=O)c1cccs1. The highest BCUT2D eigenvalue weighted by molar-refractivity contribution is 7.12. The lowest BCUT2D eigenvalue weighted by Crippen LogP contribution is -2.51. The molecule has 0 fully saturated rings. The Morgan fingerprint density at radius 1 is 1.38 bits per heavy atom. The smallest absolute Gasteiger partial charge is 0.323 e. The lowest BCUT2D eigenvalue weighted by molar-refractivity contribution is -0.146. The molecule has 1 aromatic heterocycles. The molecule has 2 atom stereocenters. The Balaban J connectivity index is 2.73. The van der Waals surface area contributed by atoms with E-state index in [1.165, 1.54) is 16.2 Å². The zero-order valence-electron chi connectivity index (χ0n) is 12.3. The summed E-state index contributed by atoms with van der Waals surface area (Å²) in [5, 5.41) is 13.3. The van der Waals surface area contributed by atoms with Gasteiger partial charge in [0.1, 0.15) is 12.6 Å². The molecule has 1 heterocycles. The number of thiophene rings is 1. The fraction of sp³-hybridized carbons (Fsp3) is 0.500. The van der Waals surface area contributed by atoms with Crippen LogP contribution in [0.3, 0.4) is 0 Å². The van der Waals surface area contributed by atoms with Crippen molar-refractivity contribution < 1.29 is 19.5 Å². The minimum atomic E-state index is -1.07. The lowest BCUT2D eigenvalue weighted by atomic mass is 10.1. The Morgan fingerprint density at radius 3 is 2.52 bits per heavy atom. The van der Waals surface area contributed by atoms with E-state index in [9.17, 15) is 14.4 Å². The summed E-state index contributed by atoms with van der Waals surface area (Å²) in [6, 6.07) is 2.45. The fourth-order valence-electron chi connectivity index (χ4n) is 1.80. The first kappa shape index (κ1) is 17.2. The fourth-order valence-corrected chi connectivity index (χ4v) is 2.43. The predicted octanol–water partition coefficient (Wildman–Crippen LogP) is 1.58. The van der Waals surface area contributed by atoms with E-state index in [1.807, 2.05) is 6.92 Å². The molecule has 0 aliphatic carbocycles. The van der Waals surface area contributed by atoms with E-state index >= 15 is 0 Å². The third-order valence-corrected chi connectivity index (χ3v) is 4.04. The monoisotopic (exact) mass is 312 g/mol. The number of aliphatic carboxylic acids is 1. The number of nitrogens with zero attached hydrogens (tertiary/aromatic N) is 1. The molecule has 0 saturated heterocycles. The Bertz CT molecular complexity index is 501. The summed E-state index contributed by atoms with van der Waals surface area (Å²) in [7, 11) is 0. The second-order valence-corrected chi connectivity index (χ2v) is 5.74. The molecule has 0 aliphatic rings. The number of carboxylic acids is 1. The molecular formula is C14H20N2O4S. The van der Waals surface area contributed by atoms with Crippen molar-refractivity contribution in [3.05, 3.63) is 22.4 Å². The van der Waals surface area contributed by atoms with Crippen molar-refractivity contribution >= 4 is 29.1 Å². The van der Waals surface area contributed by atoms with Crippen LogP contribution in [0.1, 0.15) is 36.9 Å². The highest BCUT2D eigenvalue weighted by Gasteiger charge is 2.27. The summed E-state index contributed by atoms with van der Waals surface area (Å²) < 4.78 is 0. The summed E-state index contributed by atoms with van der Waals surface area (Å²) in [5.41, 5.74) is 0. The number of nitrogens with one attached hydrogen (secondary N) is 1. The van der Waals surface area contributed by atoms with Gasteiger partial charge >= 0.3 is 5.97 Å². The topological polar surface area (TPSA) is 86.7 Å². The van der Waals surface area contributed by atoms with Crippen molar-refractivity contribution in [2.24, 2.45) is 0 Å². The van der Waals surface area contributed by atoms with Gasteiger partial charge in [-0.2, -0.15) is 0 Å². The van der Waals surface area contributed by atoms with E-state index in [4.69, 9.17) is 5.11 Å². The molecular weight excluding hydrogens is 292 g/mol. The van der Waals surface area contributed by atoms with Crippen LogP contribution in [0.15, 0.2) is 17.5 Å². The second kappa shape index (κ2) is 7.78. The van der Waals surface area contributed by atoms with E-state index in [-0.39, 0.29) is 18.5 Å². The minimum absolute atomic E-state index is 0.199. The Labute approximate surface area is 127 Å². The first-order valence-electron chi connectivity index (χ1n) is 6.73. The van der Waals surface area contributed by atoms with Crippen LogP contribution in [-0.4, -0.2) is 46.4 Å². The summed E-state index contributed by atoms with van der Waals surface area (Å²) in [6.45, 7) is 4.86. The number of rotatable bonds is 7. The Morgan fingerprint density at radius 2 is 2.05 bits per heavy atom. The molecule has 1 rings (SSSR count). The van der Waals surface area contributed by atoms with E-state index in [0.717, 1.165) is 0 Å². The van der Waals surface area contributed by atoms with Crippen LogP contribution >= 0.6 is 11.3 Å². The van der Waals surface area contributed by atoms with E-state index in [2.05, 4.69) is 5.32 Å². The number of carbonyl (C=O) groups excluding carboxylic acids is 2. The van der Waals surface area contributed by atoms with Crippen LogP contribution in [0.2, 0.25) is 0 Å². The highest BCUT2D eigenvalue weighted by Crippen LogP contribution is 2.10. The van der Waals surface area contributed by atoms with Gasteiger partial charge in [0.15, 0.2) is 0 Å². The largest absolute Gasteiger partial charge is 0.480 e. The second-order valence-electron chi connectivity index (χ2n) is 4.79. The number of carboxylic acid groups (broad SMARTS) is 1. The van der Waals surface area contributed by atoms with Gasteiger partial charge in [0.05, 0.1) is 4.88 Å². The molecule has 1 aromatic rings. The first-order valence-corrected chi connectivity index (χ1v) is 7.61. The maximum absolute atomic E-state index is 12.3. The normalized spacial score (nSPS) is 13.3. The van der Waals surface area contributed by atoms with Crippen LogP contribution in [0.25, 0.3) is 0 Å². The summed E-state index contributed by atoms with van der Waals surface area (Å²) >= 11 is 1.28. The van der Waals surface area contributed by atoms with Gasteiger partial charge in [-0.05, 0) is 31.7 Å². The van der Waals surface area contributed by atoms with Gasteiger partial charge in [0, 0.05) is 6.04 Å². The van der Waals surface area contributed by atoms with Gasteiger partial charge in [0.2, 0.25) is 5.91 Å². The van der Waals surface area contributed by atoms with Gasteiger partial charge in [-0.3, -0.25) is 14.4 Å². The van der Waals surface area contributed by atoms with Gasteiger partial charge < -0.3 is 15.3 Å². The zero-order chi connectivity index (χ0) is 16.0. The van der Waals surface area contributed by atoms with Crippen LogP contribution in [0.4, 0.5) is 0 Å². The van der Waals surface area contributed by atoms with Crippen LogP contribution in [0, 0.1) is 0 Å². The average Bonchev–Trinajstić information content (AvgIpc) is 2.97. The van der Waals surface area contributed by atoms with Crippen molar-refractivity contribution in [1.82, 2.24) is 10.2 Å². The molecule has 2 unspecified atom stereocenters. The number of amides is 2. The summed E-state index contributed by atoms with van der Waals surface area (Å²) in [6.07, 6.45) is 0.643. The number of carbonyl (C=O) groups is 3. The first-order chi connectivity index (χ1) is 9.86. The minimum Gasteiger partial charge on any atom is -0.480 e. The van der Waals surface area contributed by atoms with Crippen molar-refractivity contribution in [1.29, 1.82) is 0 Å². The van der Waals surface area contributed by atoms with Gasteiger partial charge in [-0.1, -0.05) is 13.0 Å². The molecule has 0 aromatic carbocycles. The molecule has 2 N–H and O–H groups in total. The van der Waals surface area contributed by atoms with Gasteiger partial charge in [-0.25, -0.2) is 0 Å². The van der Waals surface area contributed by atoms with Gasteiger partial charge in [-0.15, -0.1) is 11.3 Å². The molecule has 0 bridgehead atoms. The van der Waals surface area contributed by atoms with Crippen molar-refractivity contribution in [2.45, 2.75) is 39.3 Å². The quantitative estimate of drug-likeness (QED) is 0.800. The molecule has 2 amide bonds. The maximum Gasteiger partial charge on any atom is 0.323 e. The molecule has 21 heavy (non-hydrogen) atoms. The van der Waals surface area contributed by atoms with Crippen molar-refractivity contribution in [3.8, 4) is 0 Å². The molecule has 0 radical (unpaired) electrons. The molecule has 0 aliphatic heterocycles. The van der Waals surface area contributed by atoms with Gasteiger partial charge in [0.25, 0.3) is 5.91 Å². The zero-order valence-corrected chi connectivity index (χ0v) is 13.1. The van der Waals surface area contributed by atoms with Crippen molar-refractivity contribution in [2.75, 3.05) is 6.54 Å². The van der Waals surface area contributed by atoms with Crippen LogP contribution in [0.5, 0.6) is 0 Å². The van der Waals surface area contributed by atoms with E-state index in [1.54, 1.807) is 31.4 Å². The number of hydrogen-bond acceptors (Lipinski definition) is 4. The Hall–Kier alpha value is -1.89. The van der Waals surface area contributed by atoms with Crippen LogP contribution in [-0.2, 0) is 9.59 Å². The van der Waals surface area contributed by atoms with E-state index in [0.29, 0.717) is 11.3 Å². The number of hydrogen-bond donors (Lipinski definition) is 2. The molecule has 6 nitrogen and oxygen atoms in total. The third-order valence-electron chi connectivity index (χ3n) is 3.17. The third kappa shape index (κ3) is 4.86. The summed E-state index contributed by atoms with van der Waals surface area (Å²) in [4.78, 5) is 36.9. The predicted molar refractivity (Wildman–Crippen MR) is 80.3 cm³/mol. The van der Waals surface area contributed by atoms with E-state index < -0.39 is 17.9 Å². The Kier molecular flexibility index (Phi) is 6.36. The molecule has 7 heteroatoms. The molecule has 116 valence electrons. The standard InChI is InChI=1S/C14H20N2O4S/c1-4-9(2)16(8-12(17)18)14(20)10(3)15-13(19)11-6-5-7-21-11/h5-7,9-10H,4,8H2,1-3H3,(H,15,19)(H,17,18). The average molecular weight is 312 g/mol. The lowest BCUT2D eigenvalue weighted by Gasteiger charge is -2.29. The molecule has 0 spiro atoms. The van der Waals surface area contributed by atoms with Crippen molar-refractivity contribution in [3.63, 3.8) is 0 Å². The molecule has 0 saturated carbocycles. The maximum atomic E-state index is 12.3. The van der Waals surface area contributed by atoms with Crippen LogP contribution < -0.4 is 5.32 Å². The highest BCUT2D eigenvalue weighted by atomic mass is 32.1. The summed E-state index contributed by atoms with van der Waals surface area (Å²) in [5.74, 6) is -1.79.